The number of hydrogen-bond acceptors (Lipinski definition) is 5. The molecule has 1 unspecified atom stereocenters. The van der Waals surface area contributed by atoms with Crippen molar-refractivity contribution in [2.24, 2.45) is 0 Å². The maximum atomic E-state index is 9.44. The molecule has 1 atom stereocenters. The van der Waals surface area contributed by atoms with Crippen LogP contribution in [0.15, 0.2) is 17.4 Å². The lowest BCUT2D eigenvalue weighted by Gasteiger charge is -2.30. The highest BCUT2D eigenvalue weighted by atomic mass is 32.2. The second-order valence-corrected chi connectivity index (χ2v) is 5.54. The number of aliphatic hydroxyl groups is 1. The van der Waals surface area contributed by atoms with Crippen molar-refractivity contribution in [2.75, 3.05) is 19.4 Å². The number of nitrogens with one attached hydrogen (secondary N) is 1. The summed E-state index contributed by atoms with van der Waals surface area (Å²) in [6.07, 6.45) is 4.74. The number of aromatic nitrogens is 2. The molecule has 0 saturated heterocycles. The SMILES string of the molecule is CCC(CO)(CCCSc1nccc(C)n1)NC. The third kappa shape index (κ3) is 4.55. The van der Waals surface area contributed by atoms with Crippen molar-refractivity contribution in [3.05, 3.63) is 18.0 Å². The van der Waals surface area contributed by atoms with Gasteiger partial charge in [0, 0.05) is 23.2 Å². The molecule has 0 spiro atoms. The monoisotopic (exact) mass is 269 g/mol. The minimum Gasteiger partial charge on any atom is -0.394 e. The molecule has 4 nitrogen and oxygen atoms in total. The Bertz CT molecular complexity index is 348. The van der Waals surface area contributed by atoms with Crippen LogP contribution < -0.4 is 5.32 Å². The van der Waals surface area contributed by atoms with E-state index in [4.69, 9.17) is 0 Å². The zero-order chi connectivity index (χ0) is 13.4. The van der Waals surface area contributed by atoms with Gasteiger partial charge in [-0.05, 0) is 39.3 Å². The van der Waals surface area contributed by atoms with Crippen molar-refractivity contribution in [2.45, 2.75) is 43.8 Å². The van der Waals surface area contributed by atoms with Gasteiger partial charge in [0.25, 0.3) is 0 Å². The van der Waals surface area contributed by atoms with Crippen LogP contribution in [0.1, 0.15) is 31.9 Å². The van der Waals surface area contributed by atoms with Gasteiger partial charge in [-0.15, -0.1) is 0 Å². The molecule has 0 saturated carbocycles. The summed E-state index contributed by atoms with van der Waals surface area (Å²) in [6.45, 7) is 4.26. The number of hydrogen-bond donors (Lipinski definition) is 2. The van der Waals surface area contributed by atoms with Gasteiger partial charge in [0.2, 0.25) is 0 Å². The molecule has 1 aromatic heterocycles. The molecule has 1 aromatic rings. The lowest BCUT2D eigenvalue weighted by molar-refractivity contribution is 0.154. The molecule has 18 heavy (non-hydrogen) atoms. The van der Waals surface area contributed by atoms with Crippen LogP contribution in [0.4, 0.5) is 0 Å². The van der Waals surface area contributed by atoms with E-state index in [-0.39, 0.29) is 12.1 Å². The van der Waals surface area contributed by atoms with Crippen molar-refractivity contribution in [3.63, 3.8) is 0 Å². The zero-order valence-corrected chi connectivity index (χ0v) is 12.3. The molecular weight excluding hydrogens is 246 g/mol. The van der Waals surface area contributed by atoms with E-state index in [2.05, 4.69) is 22.2 Å². The van der Waals surface area contributed by atoms with Gasteiger partial charge in [-0.2, -0.15) is 0 Å². The number of aryl methyl sites for hydroxylation is 1. The number of aliphatic hydroxyl groups excluding tert-OH is 1. The van der Waals surface area contributed by atoms with Gasteiger partial charge >= 0.3 is 0 Å². The van der Waals surface area contributed by atoms with Gasteiger partial charge in [-0.1, -0.05) is 18.7 Å². The molecule has 0 aliphatic rings. The van der Waals surface area contributed by atoms with Crippen molar-refractivity contribution in [3.8, 4) is 0 Å². The van der Waals surface area contributed by atoms with E-state index in [1.165, 1.54) is 0 Å². The highest BCUT2D eigenvalue weighted by Crippen LogP contribution is 2.20. The maximum absolute atomic E-state index is 9.44. The Hall–Kier alpha value is -0.650. The molecule has 0 fully saturated rings. The average molecular weight is 269 g/mol. The van der Waals surface area contributed by atoms with E-state index >= 15 is 0 Å². The second kappa shape index (κ2) is 7.71. The first-order valence-electron chi connectivity index (χ1n) is 6.38. The zero-order valence-electron chi connectivity index (χ0n) is 11.4. The fourth-order valence-corrected chi connectivity index (χ4v) is 2.63. The Morgan fingerprint density at radius 1 is 1.50 bits per heavy atom. The van der Waals surface area contributed by atoms with Crippen LogP contribution in [0.3, 0.4) is 0 Å². The van der Waals surface area contributed by atoms with E-state index in [9.17, 15) is 5.11 Å². The van der Waals surface area contributed by atoms with Crippen molar-refractivity contribution in [1.82, 2.24) is 15.3 Å². The fraction of sp³-hybridized carbons (Fsp3) is 0.692. The summed E-state index contributed by atoms with van der Waals surface area (Å²) in [6, 6.07) is 1.90. The largest absolute Gasteiger partial charge is 0.394 e. The standard InChI is InChI=1S/C13H23N3OS/c1-4-13(10-17,14-3)7-5-9-18-12-15-8-6-11(2)16-12/h6,8,14,17H,4-5,7,9-10H2,1-3H3. The molecule has 1 rings (SSSR count). The van der Waals surface area contributed by atoms with E-state index in [1.807, 2.05) is 20.0 Å². The number of nitrogens with zero attached hydrogens (tertiary/aromatic N) is 2. The lowest BCUT2D eigenvalue weighted by atomic mass is 9.92. The van der Waals surface area contributed by atoms with Gasteiger partial charge in [-0.25, -0.2) is 9.97 Å². The van der Waals surface area contributed by atoms with E-state index in [1.54, 1.807) is 18.0 Å². The summed E-state index contributed by atoms with van der Waals surface area (Å²) in [4.78, 5) is 8.58. The molecule has 0 radical (unpaired) electrons. The van der Waals surface area contributed by atoms with Gasteiger partial charge in [0.15, 0.2) is 5.16 Å². The predicted octanol–water partition coefficient (Wildman–Crippen LogP) is 2.02. The van der Waals surface area contributed by atoms with Crippen LogP contribution in [-0.4, -0.2) is 40.0 Å². The first-order chi connectivity index (χ1) is 8.65. The van der Waals surface area contributed by atoms with Crippen LogP contribution in [0.25, 0.3) is 0 Å². The quantitative estimate of drug-likeness (QED) is 0.429. The van der Waals surface area contributed by atoms with Crippen molar-refractivity contribution < 1.29 is 5.11 Å². The van der Waals surface area contributed by atoms with Crippen LogP contribution in [0, 0.1) is 6.92 Å². The minimum absolute atomic E-state index is 0.131. The smallest absolute Gasteiger partial charge is 0.187 e. The minimum atomic E-state index is -0.131. The molecule has 102 valence electrons. The van der Waals surface area contributed by atoms with Crippen LogP contribution in [0.5, 0.6) is 0 Å². The van der Waals surface area contributed by atoms with Gasteiger partial charge in [0.1, 0.15) is 0 Å². The summed E-state index contributed by atoms with van der Waals surface area (Å²) >= 11 is 1.68. The molecule has 1 heterocycles. The Labute approximate surface area is 114 Å². The Kier molecular flexibility index (Phi) is 6.60. The normalized spacial score (nSPS) is 14.4. The van der Waals surface area contributed by atoms with Crippen LogP contribution in [-0.2, 0) is 0 Å². The lowest BCUT2D eigenvalue weighted by Crippen LogP contribution is -2.45. The number of thioether (sulfide) groups is 1. The van der Waals surface area contributed by atoms with Gasteiger partial charge in [-0.3, -0.25) is 0 Å². The second-order valence-electron chi connectivity index (χ2n) is 4.47. The summed E-state index contributed by atoms with van der Waals surface area (Å²) in [5.41, 5.74) is 0.870. The van der Waals surface area contributed by atoms with Crippen molar-refractivity contribution in [1.29, 1.82) is 0 Å². The van der Waals surface area contributed by atoms with Crippen LogP contribution in [0.2, 0.25) is 0 Å². The number of likely N-dealkylation sites (N-methyl/N-ethyl adjacent to an activating group) is 1. The third-order valence-electron chi connectivity index (χ3n) is 3.31. The summed E-state index contributed by atoms with van der Waals surface area (Å²) in [7, 11) is 1.91. The third-order valence-corrected chi connectivity index (χ3v) is 4.26. The topological polar surface area (TPSA) is 58.0 Å². The molecule has 0 aromatic carbocycles. The number of rotatable bonds is 8. The van der Waals surface area contributed by atoms with Gasteiger partial charge in [0.05, 0.1) is 6.61 Å². The van der Waals surface area contributed by atoms with Crippen LogP contribution >= 0.6 is 11.8 Å². The molecular formula is C13H23N3OS. The first-order valence-corrected chi connectivity index (χ1v) is 7.36. The van der Waals surface area contributed by atoms with Gasteiger partial charge < -0.3 is 10.4 Å². The molecule has 2 N–H and O–H groups in total. The highest BCUT2D eigenvalue weighted by molar-refractivity contribution is 7.99. The van der Waals surface area contributed by atoms with E-state index in [0.29, 0.717) is 0 Å². The average Bonchev–Trinajstić information content (AvgIpc) is 2.40. The van der Waals surface area contributed by atoms with E-state index in [0.717, 1.165) is 35.9 Å². The fourth-order valence-electron chi connectivity index (χ4n) is 1.82. The highest BCUT2D eigenvalue weighted by Gasteiger charge is 2.24. The Balaban J connectivity index is 2.34. The Morgan fingerprint density at radius 2 is 2.28 bits per heavy atom. The molecule has 0 aliphatic carbocycles. The van der Waals surface area contributed by atoms with Crippen molar-refractivity contribution >= 4 is 11.8 Å². The summed E-state index contributed by atoms with van der Waals surface area (Å²) in [5.74, 6) is 0.979. The van der Waals surface area contributed by atoms with E-state index < -0.39 is 0 Å². The summed E-state index contributed by atoms with van der Waals surface area (Å²) < 4.78 is 0. The Morgan fingerprint density at radius 3 is 2.83 bits per heavy atom. The maximum Gasteiger partial charge on any atom is 0.187 e. The summed E-state index contributed by atoms with van der Waals surface area (Å²) in [5, 5.41) is 13.5. The molecule has 5 heteroatoms. The molecule has 0 bridgehead atoms. The molecule has 0 aliphatic heterocycles. The predicted molar refractivity (Wildman–Crippen MR) is 75.9 cm³/mol. The first kappa shape index (κ1) is 15.4. The molecule has 0 amide bonds.